The first-order valence-corrected chi connectivity index (χ1v) is 5.53. The van der Waals surface area contributed by atoms with E-state index in [1.807, 2.05) is 0 Å². The maximum Gasteiger partial charge on any atom is 0.220 e. The van der Waals surface area contributed by atoms with Crippen molar-refractivity contribution in [3.8, 4) is 0 Å². The van der Waals surface area contributed by atoms with Crippen LogP contribution in [0.2, 0.25) is 0 Å². The second kappa shape index (κ2) is 3.32. The van der Waals surface area contributed by atoms with Crippen molar-refractivity contribution >= 4 is 5.91 Å². The Hall–Kier alpha value is -0.530. The monoisotopic (exact) mass is 181 g/mol. The molecule has 1 aliphatic heterocycles. The van der Waals surface area contributed by atoms with Crippen molar-refractivity contribution in [2.45, 2.75) is 45.4 Å². The van der Waals surface area contributed by atoms with Gasteiger partial charge >= 0.3 is 0 Å². The Morgan fingerprint density at radius 2 is 2.38 bits per heavy atom. The molecule has 2 nitrogen and oxygen atoms in total. The van der Waals surface area contributed by atoms with Gasteiger partial charge < -0.3 is 5.32 Å². The summed E-state index contributed by atoms with van der Waals surface area (Å²) in [5.74, 6) is 1.07. The van der Waals surface area contributed by atoms with Crippen LogP contribution in [0.3, 0.4) is 0 Å². The number of hydrogen-bond donors (Lipinski definition) is 1. The maximum absolute atomic E-state index is 11.3. The molecule has 74 valence electrons. The zero-order valence-electron chi connectivity index (χ0n) is 8.44. The smallest absolute Gasteiger partial charge is 0.220 e. The predicted molar refractivity (Wildman–Crippen MR) is 52.3 cm³/mol. The van der Waals surface area contributed by atoms with Gasteiger partial charge in [0.2, 0.25) is 5.91 Å². The van der Waals surface area contributed by atoms with Crippen molar-refractivity contribution < 1.29 is 4.79 Å². The van der Waals surface area contributed by atoms with Crippen molar-refractivity contribution in [3.63, 3.8) is 0 Å². The fraction of sp³-hybridized carbons (Fsp3) is 0.909. The highest BCUT2D eigenvalue weighted by Gasteiger charge is 2.44. The van der Waals surface area contributed by atoms with Gasteiger partial charge in [-0.15, -0.1) is 0 Å². The average molecular weight is 181 g/mol. The molecule has 0 aromatic carbocycles. The second-order valence-corrected chi connectivity index (χ2v) is 4.67. The molecular weight excluding hydrogens is 162 g/mol. The number of hydrogen-bond acceptors (Lipinski definition) is 1. The van der Waals surface area contributed by atoms with Crippen LogP contribution in [-0.4, -0.2) is 12.5 Å². The molecule has 1 aliphatic carbocycles. The van der Waals surface area contributed by atoms with Gasteiger partial charge in [0.15, 0.2) is 0 Å². The molecule has 1 saturated heterocycles. The fourth-order valence-corrected chi connectivity index (χ4v) is 3.20. The molecule has 13 heavy (non-hydrogen) atoms. The quantitative estimate of drug-likeness (QED) is 0.659. The summed E-state index contributed by atoms with van der Waals surface area (Å²) >= 11 is 0. The van der Waals surface area contributed by atoms with E-state index in [1.165, 1.54) is 32.1 Å². The lowest BCUT2D eigenvalue weighted by Gasteiger charge is -2.39. The third kappa shape index (κ3) is 1.47. The van der Waals surface area contributed by atoms with Crippen LogP contribution in [-0.2, 0) is 4.79 Å². The number of carbonyl (C=O) groups excluding carboxylic acids is 1. The van der Waals surface area contributed by atoms with E-state index in [4.69, 9.17) is 0 Å². The fourth-order valence-electron chi connectivity index (χ4n) is 3.20. The lowest BCUT2D eigenvalue weighted by molar-refractivity contribution is -0.120. The SMILES string of the molecule is CCC1CCCCC12CNC(=O)C2. The molecule has 0 radical (unpaired) electrons. The van der Waals surface area contributed by atoms with Crippen molar-refractivity contribution in [1.29, 1.82) is 0 Å². The molecule has 2 unspecified atom stereocenters. The number of amides is 1. The highest BCUT2D eigenvalue weighted by Crippen LogP contribution is 2.47. The number of nitrogens with one attached hydrogen (secondary N) is 1. The standard InChI is InChI=1S/C11H19NO/c1-2-9-5-3-4-6-11(9)7-10(13)12-8-11/h9H,2-8H2,1H3,(H,12,13). The van der Waals surface area contributed by atoms with Gasteiger partial charge in [0, 0.05) is 13.0 Å². The van der Waals surface area contributed by atoms with E-state index in [1.54, 1.807) is 0 Å². The first-order valence-electron chi connectivity index (χ1n) is 5.53. The predicted octanol–water partition coefficient (Wildman–Crippen LogP) is 2.09. The van der Waals surface area contributed by atoms with Gasteiger partial charge in [-0.3, -0.25) is 4.79 Å². The molecule has 1 saturated carbocycles. The zero-order valence-corrected chi connectivity index (χ0v) is 8.44. The van der Waals surface area contributed by atoms with Gasteiger partial charge in [-0.1, -0.05) is 26.2 Å². The highest BCUT2D eigenvalue weighted by molar-refractivity contribution is 5.79. The Kier molecular flexibility index (Phi) is 2.31. The summed E-state index contributed by atoms with van der Waals surface area (Å²) in [7, 11) is 0. The van der Waals surface area contributed by atoms with Gasteiger partial charge in [-0.2, -0.15) is 0 Å². The highest BCUT2D eigenvalue weighted by atomic mass is 16.1. The van der Waals surface area contributed by atoms with Crippen LogP contribution >= 0.6 is 0 Å². The molecular formula is C11H19NO. The Morgan fingerprint density at radius 3 is 3.00 bits per heavy atom. The molecule has 0 aromatic rings. The molecule has 1 N–H and O–H groups in total. The Balaban J connectivity index is 2.13. The first kappa shape index (κ1) is 9.04. The van der Waals surface area contributed by atoms with E-state index in [0.29, 0.717) is 5.41 Å². The Labute approximate surface area is 80.1 Å². The summed E-state index contributed by atoms with van der Waals surface area (Å²) in [4.78, 5) is 11.3. The number of carbonyl (C=O) groups is 1. The lowest BCUT2D eigenvalue weighted by Crippen LogP contribution is -2.35. The van der Waals surface area contributed by atoms with Crippen LogP contribution in [0.5, 0.6) is 0 Å². The van der Waals surface area contributed by atoms with E-state index < -0.39 is 0 Å². The second-order valence-electron chi connectivity index (χ2n) is 4.67. The molecule has 2 fully saturated rings. The third-order valence-corrected chi connectivity index (χ3v) is 3.99. The molecule has 1 spiro atoms. The minimum Gasteiger partial charge on any atom is -0.356 e. The van der Waals surface area contributed by atoms with Crippen molar-refractivity contribution in [1.82, 2.24) is 5.32 Å². The minimum absolute atomic E-state index is 0.278. The van der Waals surface area contributed by atoms with Crippen LogP contribution < -0.4 is 5.32 Å². The summed E-state index contributed by atoms with van der Waals surface area (Å²) in [6, 6.07) is 0. The lowest BCUT2D eigenvalue weighted by atomic mass is 9.65. The van der Waals surface area contributed by atoms with Crippen molar-refractivity contribution in [3.05, 3.63) is 0 Å². The molecule has 2 rings (SSSR count). The summed E-state index contributed by atoms with van der Waals surface area (Å²) in [5, 5.41) is 3.01. The van der Waals surface area contributed by atoms with E-state index in [0.717, 1.165) is 18.9 Å². The molecule has 1 heterocycles. The molecule has 2 heteroatoms. The summed E-state index contributed by atoms with van der Waals surface area (Å²) < 4.78 is 0. The van der Waals surface area contributed by atoms with Gasteiger partial charge in [0.05, 0.1) is 0 Å². The first-order chi connectivity index (χ1) is 6.27. The van der Waals surface area contributed by atoms with E-state index in [9.17, 15) is 4.79 Å². The van der Waals surface area contributed by atoms with Gasteiger partial charge in [0.25, 0.3) is 0 Å². The van der Waals surface area contributed by atoms with E-state index in [2.05, 4.69) is 12.2 Å². The Bertz CT molecular complexity index is 214. The molecule has 0 aromatic heterocycles. The average Bonchev–Trinajstić information content (AvgIpc) is 2.49. The largest absolute Gasteiger partial charge is 0.356 e. The summed E-state index contributed by atoms with van der Waals surface area (Å²) in [5.41, 5.74) is 0.351. The zero-order chi connectivity index (χ0) is 9.31. The summed E-state index contributed by atoms with van der Waals surface area (Å²) in [6.07, 6.45) is 7.34. The normalized spacial score (nSPS) is 39.5. The van der Waals surface area contributed by atoms with Crippen LogP contribution in [0, 0.1) is 11.3 Å². The van der Waals surface area contributed by atoms with Crippen molar-refractivity contribution in [2.75, 3.05) is 6.54 Å². The number of rotatable bonds is 1. The molecule has 2 aliphatic rings. The van der Waals surface area contributed by atoms with Crippen LogP contribution in [0.1, 0.15) is 45.4 Å². The van der Waals surface area contributed by atoms with Crippen LogP contribution in [0.15, 0.2) is 0 Å². The topological polar surface area (TPSA) is 29.1 Å². The van der Waals surface area contributed by atoms with Crippen molar-refractivity contribution in [2.24, 2.45) is 11.3 Å². The third-order valence-electron chi connectivity index (χ3n) is 3.99. The molecule has 2 atom stereocenters. The van der Waals surface area contributed by atoms with Gasteiger partial charge in [0.1, 0.15) is 0 Å². The van der Waals surface area contributed by atoms with Crippen LogP contribution in [0.25, 0.3) is 0 Å². The van der Waals surface area contributed by atoms with Gasteiger partial charge in [-0.05, 0) is 24.2 Å². The molecule has 0 bridgehead atoms. The van der Waals surface area contributed by atoms with Gasteiger partial charge in [-0.25, -0.2) is 0 Å². The minimum atomic E-state index is 0.278. The van der Waals surface area contributed by atoms with E-state index >= 15 is 0 Å². The summed E-state index contributed by atoms with van der Waals surface area (Å²) in [6.45, 7) is 3.21. The molecule has 1 amide bonds. The van der Waals surface area contributed by atoms with E-state index in [-0.39, 0.29) is 5.91 Å². The van der Waals surface area contributed by atoms with Crippen LogP contribution in [0.4, 0.5) is 0 Å². The maximum atomic E-state index is 11.3. The Morgan fingerprint density at radius 1 is 1.54 bits per heavy atom.